The maximum atomic E-state index is 14.4. The third-order valence-corrected chi connectivity index (χ3v) is 7.87. The third-order valence-electron chi connectivity index (χ3n) is 7.87. The lowest BCUT2D eigenvalue weighted by molar-refractivity contribution is -0.188. The van der Waals surface area contributed by atoms with Crippen LogP contribution in [0.1, 0.15) is 75.7 Å². The molecule has 0 aliphatic heterocycles. The van der Waals surface area contributed by atoms with Crippen LogP contribution in [-0.2, 0) is 57.2 Å². The summed E-state index contributed by atoms with van der Waals surface area (Å²) in [6, 6.07) is 0. The Bertz CT molecular complexity index is 1290. The molecule has 0 radical (unpaired) electrons. The second-order valence-electron chi connectivity index (χ2n) is 12.8. The Labute approximate surface area is 262 Å². The summed E-state index contributed by atoms with van der Waals surface area (Å²) in [5.41, 5.74) is -6.17. The molecule has 13 nitrogen and oxygen atoms in total. The Morgan fingerprint density at radius 1 is 0.822 bits per heavy atom. The Hall–Kier alpha value is -3.87. The lowest BCUT2D eigenvalue weighted by atomic mass is 9.72. The van der Waals surface area contributed by atoms with Crippen molar-refractivity contribution in [2.75, 3.05) is 0 Å². The molecule has 0 spiro atoms. The molecule has 0 heterocycles. The first kappa shape index (κ1) is 37.3. The molecule has 250 valence electrons. The largest absolute Gasteiger partial charge is 0.459 e. The maximum Gasteiger partial charge on any atom is 0.309 e. The number of esters is 5. The molecule has 1 N–H and O–H groups in total. The minimum atomic E-state index is -2.31. The highest BCUT2D eigenvalue weighted by Crippen LogP contribution is 2.52. The molecule has 45 heavy (non-hydrogen) atoms. The standard InChI is InChI=1S/C32H44O13/c1-15(2)29(39)44-25-24(42-19(6)34)17(4)23(41-18(5)33)22-28(43-20(7)35)31(11,40)14-32(22,45-21(8)36)26(37)16(3)12-13-30(9,10)27(25)38/h12-13,15-16,22-25,28,40H,4,14H2,1-3,5-11H3/b13-12+/t16-,22+,23+,24+,25-,28-,31-,32-/m1/s1. The zero-order valence-electron chi connectivity index (χ0n) is 27.5. The summed E-state index contributed by atoms with van der Waals surface area (Å²) < 4.78 is 28.1. The molecule has 2 aliphatic rings. The summed E-state index contributed by atoms with van der Waals surface area (Å²) in [5.74, 6) is -9.56. The van der Waals surface area contributed by atoms with E-state index in [1.807, 2.05) is 0 Å². The molecule has 1 fully saturated rings. The van der Waals surface area contributed by atoms with E-state index in [4.69, 9.17) is 23.7 Å². The number of ketones is 2. The van der Waals surface area contributed by atoms with Gasteiger partial charge in [-0.3, -0.25) is 33.6 Å². The van der Waals surface area contributed by atoms with E-state index in [0.29, 0.717) is 0 Å². The predicted octanol–water partition coefficient (Wildman–Crippen LogP) is 2.35. The number of carbonyl (C=O) groups is 7. The first-order valence-corrected chi connectivity index (χ1v) is 14.6. The van der Waals surface area contributed by atoms with Crippen LogP contribution in [0.3, 0.4) is 0 Å². The van der Waals surface area contributed by atoms with Crippen LogP contribution in [0.4, 0.5) is 0 Å². The fraction of sp³-hybridized carbons (Fsp3) is 0.656. The van der Waals surface area contributed by atoms with E-state index in [1.54, 1.807) is 0 Å². The van der Waals surface area contributed by atoms with Gasteiger partial charge in [0.2, 0.25) is 6.10 Å². The highest BCUT2D eigenvalue weighted by atomic mass is 16.6. The van der Waals surface area contributed by atoms with E-state index < -0.39 is 107 Å². The number of ether oxygens (including phenoxy) is 5. The van der Waals surface area contributed by atoms with Gasteiger partial charge >= 0.3 is 29.8 Å². The van der Waals surface area contributed by atoms with Gasteiger partial charge in [-0.2, -0.15) is 0 Å². The van der Waals surface area contributed by atoms with Crippen molar-refractivity contribution in [2.24, 2.45) is 23.2 Å². The number of carbonyl (C=O) groups excluding carboxylic acids is 7. The topological polar surface area (TPSA) is 186 Å². The summed E-state index contributed by atoms with van der Waals surface area (Å²) in [4.78, 5) is 91.5. The normalized spacial score (nSPS) is 34.0. The van der Waals surface area contributed by atoms with Crippen molar-refractivity contribution in [3.63, 3.8) is 0 Å². The molecule has 0 aromatic carbocycles. The molecule has 0 unspecified atom stereocenters. The van der Waals surface area contributed by atoms with Gasteiger partial charge in [0.25, 0.3) is 0 Å². The van der Waals surface area contributed by atoms with Crippen LogP contribution in [-0.4, -0.2) is 82.1 Å². The molecule has 0 aromatic rings. The van der Waals surface area contributed by atoms with Gasteiger partial charge in [-0.1, -0.05) is 39.5 Å². The Balaban J connectivity index is 3.14. The van der Waals surface area contributed by atoms with Gasteiger partial charge in [0.1, 0.15) is 17.8 Å². The van der Waals surface area contributed by atoms with Gasteiger partial charge in [0, 0.05) is 51.0 Å². The summed E-state index contributed by atoms with van der Waals surface area (Å²) in [6.45, 7) is 16.8. The van der Waals surface area contributed by atoms with Crippen LogP contribution in [0.5, 0.6) is 0 Å². The highest BCUT2D eigenvalue weighted by molar-refractivity contribution is 5.95. The second-order valence-corrected chi connectivity index (χ2v) is 12.8. The molecule has 0 bridgehead atoms. The molecule has 0 amide bonds. The maximum absolute atomic E-state index is 14.4. The number of allylic oxidation sites excluding steroid dienone is 2. The Morgan fingerprint density at radius 2 is 1.33 bits per heavy atom. The van der Waals surface area contributed by atoms with E-state index in [1.165, 1.54) is 53.7 Å². The van der Waals surface area contributed by atoms with Crippen molar-refractivity contribution in [3.8, 4) is 0 Å². The minimum absolute atomic E-state index is 0.368. The number of aliphatic hydroxyl groups is 1. The second kappa shape index (κ2) is 13.6. The smallest absolute Gasteiger partial charge is 0.309 e. The van der Waals surface area contributed by atoms with Crippen LogP contribution in [0.2, 0.25) is 0 Å². The van der Waals surface area contributed by atoms with E-state index >= 15 is 0 Å². The summed E-state index contributed by atoms with van der Waals surface area (Å²) in [6.07, 6.45) is -4.95. The summed E-state index contributed by atoms with van der Waals surface area (Å²) >= 11 is 0. The van der Waals surface area contributed by atoms with Gasteiger partial charge in [0.15, 0.2) is 23.3 Å². The first-order chi connectivity index (χ1) is 20.5. The van der Waals surface area contributed by atoms with Gasteiger partial charge in [-0.25, -0.2) is 0 Å². The summed E-state index contributed by atoms with van der Waals surface area (Å²) in [5, 5.41) is 11.6. The molecular weight excluding hydrogens is 592 g/mol. The Kier molecular flexibility index (Phi) is 11.3. The number of hydrogen-bond acceptors (Lipinski definition) is 13. The zero-order chi connectivity index (χ0) is 34.8. The van der Waals surface area contributed by atoms with Crippen molar-refractivity contribution in [2.45, 2.75) is 111 Å². The molecule has 13 heteroatoms. The molecule has 0 saturated heterocycles. The van der Waals surface area contributed by atoms with E-state index in [0.717, 1.165) is 27.7 Å². The molecule has 0 aromatic heterocycles. The molecule has 1 saturated carbocycles. The first-order valence-electron chi connectivity index (χ1n) is 14.6. The molecular formula is C32H44O13. The van der Waals surface area contributed by atoms with Gasteiger partial charge < -0.3 is 28.8 Å². The van der Waals surface area contributed by atoms with Crippen LogP contribution >= 0.6 is 0 Å². The summed E-state index contributed by atoms with van der Waals surface area (Å²) in [7, 11) is 0. The monoisotopic (exact) mass is 636 g/mol. The number of Topliss-reactive ketones (excluding diaryl/α,β-unsaturated/α-hetero) is 2. The number of rotatable bonds is 6. The Morgan fingerprint density at radius 3 is 1.80 bits per heavy atom. The molecule has 2 rings (SSSR count). The fourth-order valence-electron chi connectivity index (χ4n) is 5.88. The highest BCUT2D eigenvalue weighted by Gasteiger charge is 2.70. The number of hydrogen-bond donors (Lipinski definition) is 1. The van der Waals surface area contributed by atoms with E-state index in [2.05, 4.69) is 6.58 Å². The lowest BCUT2D eigenvalue weighted by Crippen LogP contribution is -2.58. The fourth-order valence-corrected chi connectivity index (χ4v) is 5.88. The third kappa shape index (κ3) is 8.05. The van der Waals surface area contributed by atoms with Gasteiger partial charge in [-0.15, -0.1) is 0 Å². The van der Waals surface area contributed by atoms with Crippen molar-refractivity contribution in [1.82, 2.24) is 0 Å². The SMILES string of the molecule is C=C1[C@H](OC(C)=O)[C@H]2[C@@H](OC(C)=O)[C@](C)(O)C[C@]2(OC(C)=O)C(=O)[C@H](C)/C=C/C(C)(C)C(=O)[C@H](OC(=O)C(C)C)[C@H]1OC(C)=O. The van der Waals surface area contributed by atoms with Crippen molar-refractivity contribution in [3.05, 3.63) is 24.3 Å². The van der Waals surface area contributed by atoms with Crippen molar-refractivity contribution in [1.29, 1.82) is 0 Å². The van der Waals surface area contributed by atoms with Crippen LogP contribution < -0.4 is 0 Å². The molecule has 2 aliphatic carbocycles. The van der Waals surface area contributed by atoms with Crippen molar-refractivity contribution < 1.29 is 62.4 Å². The van der Waals surface area contributed by atoms with Crippen molar-refractivity contribution >= 4 is 41.4 Å². The van der Waals surface area contributed by atoms with Crippen LogP contribution in [0.15, 0.2) is 24.3 Å². The van der Waals surface area contributed by atoms with E-state index in [9.17, 15) is 38.7 Å². The quantitative estimate of drug-likeness (QED) is 0.255. The van der Waals surface area contributed by atoms with Gasteiger partial charge in [-0.05, 0) is 20.8 Å². The molecule has 8 atom stereocenters. The predicted molar refractivity (Wildman–Crippen MR) is 156 cm³/mol. The zero-order valence-corrected chi connectivity index (χ0v) is 27.5. The van der Waals surface area contributed by atoms with Gasteiger partial charge in [0.05, 0.1) is 11.8 Å². The average molecular weight is 637 g/mol. The lowest BCUT2D eigenvalue weighted by Gasteiger charge is -2.42. The van der Waals surface area contributed by atoms with Crippen LogP contribution in [0.25, 0.3) is 0 Å². The number of fused-ring (bicyclic) bond motifs is 1. The minimum Gasteiger partial charge on any atom is -0.459 e. The average Bonchev–Trinajstić information content (AvgIpc) is 3.10. The van der Waals surface area contributed by atoms with E-state index in [-0.39, 0.29) is 5.57 Å². The van der Waals surface area contributed by atoms with Crippen LogP contribution in [0, 0.1) is 23.2 Å².